The van der Waals surface area contributed by atoms with Gasteiger partial charge in [-0.25, -0.2) is 0 Å². The van der Waals surface area contributed by atoms with Crippen LogP contribution in [0.3, 0.4) is 0 Å². The molecule has 2 nitrogen and oxygen atoms in total. The Morgan fingerprint density at radius 3 is 2.50 bits per heavy atom. The fraction of sp³-hybridized carbons (Fsp3) is 0.889. The Hall–Kier alpha value is -0.340. The van der Waals surface area contributed by atoms with Crippen molar-refractivity contribution < 1.29 is 4.74 Å². The molecule has 1 N–H and O–H groups in total. The zero-order chi connectivity index (χ0) is 14.8. The van der Waals surface area contributed by atoms with Gasteiger partial charge in [-0.2, -0.15) is 0 Å². The minimum Gasteiger partial charge on any atom is -0.373 e. The number of hydrogen-bond acceptors (Lipinski definition) is 2. The molecular weight excluding hydrogens is 246 g/mol. The first-order valence-electron chi connectivity index (χ1n) is 8.80. The van der Waals surface area contributed by atoms with Gasteiger partial charge >= 0.3 is 0 Å². The molecule has 1 aliphatic carbocycles. The summed E-state index contributed by atoms with van der Waals surface area (Å²) in [4.78, 5) is 0. The second-order valence-electron chi connectivity index (χ2n) is 5.97. The summed E-state index contributed by atoms with van der Waals surface area (Å²) in [5.41, 5.74) is 1.58. The zero-order valence-corrected chi connectivity index (χ0v) is 14.1. The normalized spacial score (nSPS) is 18.5. The highest BCUT2D eigenvalue weighted by molar-refractivity contribution is 5.18. The molecule has 0 bridgehead atoms. The molecule has 0 heterocycles. The van der Waals surface area contributed by atoms with Gasteiger partial charge in [0, 0.05) is 6.61 Å². The minimum absolute atomic E-state index is 0.0277. The summed E-state index contributed by atoms with van der Waals surface area (Å²) in [5, 5.41) is 3.80. The summed E-state index contributed by atoms with van der Waals surface area (Å²) in [6.07, 6.45) is 12.4. The highest BCUT2D eigenvalue weighted by atomic mass is 16.5. The number of hydrogen-bond donors (Lipinski definition) is 1. The van der Waals surface area contributed by atoms with Crippen molar-refractivity contribution in [3.63, 3.8) is 0 Å². The Labute approximate surface area is 126 Å². The van der Waals surface area contributed by atoms with Crippen molar-refractivity contribution in [2.75, 3.05) is 13.2 Å². The number of nitrogens with one attached hydrogen (secondary N) is 1. The third-order valence-corrected chi connectivity index (χ3v) is 4.70. The van der Waals surface area contributed by atoms with Crippen molar-refractivity contribution >= 4 is 0 Å². The molecule has 0 fully saturated rings. The average molecular weight is 281 g/mol. The molecule has 1 unspecified atom stereocenters. The van der Waals surface area contributed by atoms with E-state index in [1.165, 1.54) is 38.5 Å². The van der Waals surface area contributed by atoms with Crippen LogP contribution in [0.5, 0.6) is 0 Å². The topological polar surface area (TPSA) is 21.3 Å². The van der Waals surface area contributed by atoms with Gasteiger partial charge in [0.2, 0.25) is 0 Å². The van der Waals surface area contributed by atoms with Crippen LogP contribution in [0.1, 0.15) is 79.1 Å². The molecule has 1 atom stereocenters. The predicted molar refractivity (Wildman–Crippen MR) is 88.2 cm³/mol. The number of allylic oxidation sites excluding steroid dienone is 1. The van der Waals surface area contributed by atoms with Crippen LogP contribution in [-0.2, 0) is 4.74 Å². The molecule has 0 radical (unpaired) electrons. The van der Waals surface area contributed by atoms with Crippen molar-refractivity contribution in [2.45, 2.75) is 90.7 Å². The third-order valence-electron chi connectivity index (χ3n) is 4.70. The van der Waals surface area contributed by atoms with Crippen molar-refractivity contribution in [3.05, 3.63) is 11.6 Å². The summed E-state index contributed by atoms with van der Waals surface area (Å²) in [6.45, 7) is 10.8. The van der Waals surface area contributed by atoms with E-state index in [1.807, 2.05) is 0 Å². The molecule has 0 saturated carbocycles. The van der Waals surface area contributed by atoms with Crippen molar-refractivity contribution in [1.82, 2.24) is 5.32 Å². The maximum absolute atomic E-state index is 6.28. The molecule has 0 aromatic rings. The fourth-order valence-electron chi connectivity index (χ4n) is 3.48. The summed E-state index contributed by atoms with van der Waals surface area (Å²) in [7, 11) is 0. The molecule has 20 heavy (non-hydrogen) atoms. The Balaban J connectivity index is 2.97. The van der Waals surface area contributed by atoms with Crippen LogP contribution in [0, 0.1) is 0 Å². The summed E-state index contributed by atoms with van der Waals surface area (Å²) in [5.74, 6) is 0. The van der Waals surface area contributed by atoms with E-state index in [0.29, 0.717) is 6.04 Å². The van der Waals surface area contributed by atoms with Crippen LogP contribution in [0.25, 0.3) is 0 Å². The van der Waals surface area contributed by atoms with Crippen molar-refractivity contribution in [1.29, 1.82) is 0 Å². The average Bonchev–Trinajstić information content (AvgIpc) is 2.75. The van der Waals surface area contributed by atoms with E-state index in [9.17, 15) is 0 Å². The molecule has 0 saturated heterocycles. The van der Waals surface area contributed by atoms with E-state index in [1.54, 1.807) is 5.57 Å². The lowest BCUT2D eigenvalue weighted by Gasteiger charge is -2.41. The predicted octanol–water partition coefficient (Wildman–Crippen LogP) is 4.84. The molecule has 0 spiro atoms. The van der Waals surface area contributed by atoms with E-state index in [-0.39, 0.29) is 5.60 Å². The SMILES string of the molecule is CCCNC(C1=CCCCCC1)C(CC)(CC)OCC. The lowest BCUT2D eigenvalue weighted by atomic mass is 9.81. The van der Waals surface area contributed by atoms with Crippen LogP contribution in [0.4, 0.5) is 0 Å². The van der Waals surface area contributed by atoms with Gasteiger partial charge in [-0.3, -0.25) is 0 Å². The van der Waals surface area contributed by atoms with Crippen LogP contribution in [0.2, 0.25) is 0 Å². The Morgan fingerprint density at radius 2 is 1.90 bits per heavy atom. The fourth-order valence-corrected chi connectivity index (χ4v) is 3.48. The minimum atomic E-state index is -0.0277. The van der Waals surface area contributed by atoms with Crippen LogP contribution in [-0.4, -0.2) is 24.8 Å². The van der Waals surface area contributed by atoms with Gasteiger partial charge in [-0.15, -0.1) is 0 Å². The van der Waals surface area contributed by atoms with Crippen LogP contribution in [0.15, 0.2) is 11.6 Å². The first kappa shape index (κ1) is 17.7. The summed E-state index contributed by atoms with van der Waals surface area (Å²) < 4.78 is 6.28. The molecule has 0 aromatic carbocycles. The molecule has 0 aliphatic heterocycles. The smallest absolute Gasteiger partial charge is 0.0867 e. The van der Waals surface area contributed by atoms with Gasteiger partial charge in [0.15, 0.2) is 0 Å². The van der Waals surface area contributed by atoms with Crippen LogP contribution < -0.4 is 5.32 Å². The first-order chi connectivity index (χ1) is 9.74. The standard InChI is InChI=1S/C18H35NO/c1-5-15-19-17(16-13-11-9-10-12-14-16)18(6-2,7-3)20-8-4/h13,17,19H,5-12,14-15H2,1-4H3. The monoisotopic (exact) mass is 281 g/mol. The van der Waals surface area contributed by atoms with E-state index in [4.69, 9.17) is 4.74 Å². The van der Waals surface area contributed by atoms with E-state index in [0.717, 1.165) is 26.0 Å². The van der Waals surface area contributed by atoms with Crippen molar-refractivity contribution in [2.24, 2.45) is 0 Å². The van der Waals surface area contributed by atoms with Gasteiger partial charge in [-0.1, -0.05) is 38.8 Å². The van der Waals surface area contributed by atoms with E-state index < -0.39 is 0 Å². The summed E-state index contributed by atoms with van der Waals surface area (Å²) in [6, 6.07) is 0.399. The largest absolute Gasteiger partial charge is 0.373 e. The van der Waals surface area contributed by atoms with Gasteiger partial charge in [-0.05, 0) is 58.4 Å². The number of rotatable bonds is 9. The molecule has 118 valence electrons. The second kappa shape index (κ2) is 9.57. The van der Waals surface area contributed by atoms with Crippen LogP contribution >= 0.6 is 0 Å². The van der Waals surface area contributed by atoms with E-state index >= 15 is 0 Å². The van der Waals surface area contributed by atoms with Gasteiger partial charge in [0.25, 0.3) is 0 Å². The molecule has 1 rings (SSSR count). The Kier molecular flexibility index (Phi) is 8.47. The van der Waals surface area contributed by atoms with Gasteiger partial charge in [0.05, 0.1) is 11.6 Å². The zero-order valence-electron chi connectivity index (χ0n) is 14.1. The van der Waals surface area contributed by atoms with Gasteiger partial charge < -0.3 is 10.1 Å². The van der Waals surface area contributed by atoms with E-state index in [2.05, 4.69) is 39.1 Å². The highest BCUT2D eigenvalue weighted by Gasteiger charge is 2.38. The number of ether oxygens (including phenoxy) is 1. The van der Waals surface area contributed by atoms with Gasteiger partial charge in [0.1, 0.15) is 0 Å². The summed E-state index contributed by atoms with van der Waals surface area (Å²) >= 11 is 0. The first-order valence-corrected chi connectivity index (χ1v) is 8.80. The second-order valence-corrected chi connectivity index (χ2v) is 5.97. The molecule has 2 heteroatoms. The highest BCUT2D eigenvalue weighted by Crippen LogP contribution is 2.33. The van der Waals surface area contributed by atoms with Crippen molar-refractivity contribution in [3.8, 4) is 0 Å². The lowest BCUT2D eigenvalue weighted by Crippen LogP contribution is -2.53. The maximum atomic E-state index is 6.28. The third kappa shape index (κ3) is 4.60. The Morgan fingerprint density at radius 1 is 1.15 bits per heavy atom. The quantitative estimate of drug-likeness (QED) is 0.611. The molecule has 1 aliphatic rings. The maximum Gasteiger partial charge on any atom is 0.0867 e. The Bertz CT molecular complexity index is 281. The molecule has 0 amide bonds. The molecule has 0 aromatic heterocycles. The molecular formula is C18H35NO. The lowest BCUT2D eigenvalue weighted by molar-refractivity contribution is -0.0642.